The van der Waals surface area contributed by atoms with Crippen molar-refractivity contribution in [2.24, 2.45) is 0 Å². The topological polar surface area (TPSA) is 41.5 Å². The van der Waals surface area contributed by atoms with E-state index in [-0.39, 0.29) is 0 Å². The molecule has 0 heterocycles. The number of aryl methyl sites for hydroxylation is 1. The Hall–Kier alpha value is -0.900. The second-order valence-electron chi connectivity index (χ2n) is 4.31. The first-order valence-corrected chi connectivity index (χ1v) is 5.79. The number of aliphatic hydroxyl groups is 1. The smallest absolute Gasteiger partial charge is 0.0897 e. The van der Waals surface area contributed by atoms with Gasteiger partial charge in [-0.05, 0) is 24.0 Å². The second kappa shape index (κ2) is 5.43. The molecule has 2 rings (SSSR count). The Morgan fingerprint density at radius 1 is 1.50 bits per heavy atom. The Labute approximate surface area is 96.4 Å². The van der Waals surface area contributed by atoms with E-state index >= 15 is 0 Å². The zero-order valence-corrected chi connectivity index (χ0v) is 9.65. The first-order valence-electron chi connectivity index (χ1n) is 5.79. The van der Waals surface area contributed by atoms with Crippen LogP contribution in [-0.2, 0) is 11.2 Å². The molecule has 1 aromatic rings. The van der Waals surface area contributed by atoms with E-state index in [2.05, 4.69) is 29.6 Å². The molecule has 0 saturated heterocycles. The lowest BCUT2D eigenvalue weighted by Gasteiger charge is -2.16. The van der Waals surface area contributed by atoms with Crippen LogP contribution in [0.2, 0.25) is 0 Å². The van der Waals surface area contributed by atoms with Crippen molar-refractivity contribution in [2.45, 2.75) is 25.0 Å². The lowest BCUT2D eigenvalue weighted by Crippen LogP contribution is -2.32. The highest BCUT2D eigenvalue weighted by Gasteiger charge is 2.21. The molecular formula is C13H19NO2. The molecule has 1 aliphatic rings. The first-order chi connectivity index (χ1) is 7.81. The average Bonchev–Trinajstić information content (AvgIpc) is 2.70. The van der Waals surface area contributed by atoms with Crippen molar-refractivity contribution in [2.75, 3.05) is 20.3 Å². The second-order valence-corrected chi connectivity index (χ2v) is 4.31. The van der Waals surface area contributed by atoms with Gasteiger partial charge in [-0.3, -0.25) is 0 Å². The summed E-state index contributed by atoms with van der Waals surface area (Å²) in [5, 5.41) is 13.0. The molecule has 16 heavy (non-hydrogen) atoms. The molecule has 0 saturated carbocycles. The number of hydrogen-bond acceptors (Lipinski definition) is 3. The Balaban J connectivity index is 1.88. The maximum atomic E-state index is 9.57. The fraction of sp³-hybridized carbons (Fsp3) is 0.538. The maximum absolute atomic E-state index is 9.57. The van der Waals surface area contributed by atoms with Crippen molar-refractivity contribution in [1.29, 1.82) is 0 Å². The zero-order valence-electron chi connectivity index (χ0n) is 9.65. The lowest BCUT2D eigenvalue weighted by atomic mass is 10.1. The number of rotatable bonds is 5. The molecule has 3 heteroatoms. The fourth-order valence-corrected chi connectivity index (χ4v) is 2.30. The third-order valence-electron chi connectivity index (χ3n) is 3.09. The van der Waals surface area contributed by atoms with Crippen LogP contribution in [0.25, 0.3) is 0 Å². The highest BCUT2D eigenvalue weighted by atomic mass is 16.5. The lowest BCUT2D eigenvalue weighted by molar-refractivity contribution is 0.0627. The Morgan fingerprint density at radius 3 is 3.12 bits per heavy atom. The number of hydrogen-bond donors (Lipinski definition) is 2. The number of benzene rings is 1. The largest absolute Gasteiger partial charge is 0.389 e. The molecule has 2 N–H and O–H groups in total. The van der Waals surface area contributed by atoms with Crippen molar-refractivity contribution in [3.05, 3.63) is 35.4 Å². The monoisotopic (exact) mass is 221 g/mol. The summed E-state index contributed by atoms with van der Waals surface area (Å²) in [6, 6.07) is 8.90. The summed E-state index contributed by atoms with van der Waals surface area (Å²) < 4.78 is 4.90. The number of methoxy groups -OCH3 is 1. The normalized spacial score (nSPS) is 20.8. The van der Waals surface area contributed by atoms with Gasteiger partial charge in [0.15, 0.2) is 0 Å². The van der Waals surface area contributed by atoms with Crippen LogP contribution in [0.3, 0.4) is 0 Å². The number of nitrogens with one attached hydrogen (secondary N) is 1. The molecule has 0 radical (unpaired) electrons. The van der Waals surface area contributed by atoms with Crippen LogP contribution in [-0.4, -0.2) is 31.5 Å². The standard InChI is InChI=1S/C13H19NO2/c1-16-9-11(15)8-14-13-7-6-10-4-2-3-5-12(10)13/h2-5,11,13-15H,6-9H2,1H3. The van der Waals surface area contributed by atoms with Gasteiger partial charge < -0.3 is 15.2 Å². The van der Waals surface area contributed by atoms with Gasteiger partial charge in [-0.1, -0.05) is 24.3 Å². The molecule has 0 fully saturated rings. The molecule has 2 atom stereocenters. The van der Waals surface area contributed by atoms with Gasteiger partial charge in [0, 0.05) is 19.7 Å². The average molecular weight is 221 g/mol. The van der Waals surface area contributed by atoms with Crippen molar-refractivity contribution in [3.8, 4) is 0 Å². The van der Waals surface area contributed by atoms with Crippen LogP contribution in [0.4, 0.5) is 0 Å². The molecule has 2 unspecified atom stereocenters. The molecule has 0 bridgehead atoms. The minimum Gasteiger partial charge on any atom is -0.389 e. The van der Waals surface area contributed by atoms with Crippen molar-refractivity contribution in [1.82, 2.24) is 5.32 Å². The molecule has 0 aromatic heterocycles. The molecule has 0 amide bonds. The number of aliphatic hydroxyl groups excluding tert-OH is 1. The SMILES string of the molecule is COCC(O)CNC1CCc2ccccc21. The molecule has 0 aliphatic heterocycles. The van der Waals surface area contributed by atoms with Gasteiger partial charge in [-0.2, -0.15) is 0 Å². The third kappa shape index (κ3) is 2.61. The van der Waals surface area contributed by atoms with Gasteiger partial charge in [0.1, 0.15) is 0 Å². The van der Waals surface area contributed by atoms with E-state index in [9.17, 15) is 5.11 Å². The van der Waals surface area contributed by atoms with Gasteiger partial charge in [-0.25, -0.2) is 0 Å². The van der Waals surface area contributed by atoms with Crippen LogP contribution in [0.5, 0.6) is 0 Å². The Morgan fingerprint density at radius 2 is 2.31 bits per heavy atom. The summed E-state index contributed by atoms with van der Waals surface area (Å²) in [6.45, 7) is 0.980. The summed E-state index contributed by atoms with van der Waals surface area (Å²) >= 11 is 0. The third-order valence-corrected chi connectivity index (χ3v) is 3.09. The van der Waals surface area contributed by atoms with Crippen LogP contribution in [0.15, 0.2) is 24.3 Å². The quantitative estimate of drug-likeness (QED) is 0.787. The molecule has 3 nitrogen and oxygen atoms in total. The minimum absolute atomic E-state index is 0.390. The first kappa shape index (κ1) is 11.6. The van der Waals surface area contributed by atoms with Crippen LogP contribution < -0.4 is 5.32 Å². The molecular weight excluding hydrogens is 202 g/mol. The van der Waals surface area contributed by atoms with Gasteiger partial charge >= 0.3 is 0 Å². The van der Waals surface area contributed by atoms with Gasteiger partial charge in [0.25, 0.3) is 0 Å². The summed E-state index contributed by atoms with van der Waals surface area (Å²) in [5.41, 5.74) is 2.81. The summed E-state index contributed by atoms with van der Waals surface area (Å²) in [5.74, 6) is 0. The van der Waals surface area contributed by atoms with Crippen LogP contribution in [0, 0.1) is 0 Å². The fourth-order valence-electron chi connectivity index (χ4n) is 2.30. The molecule has 1 aromatic carbocycles. The van der Waals surface area contributed by atoms with Crippen molar-refractivity contribution in [3.63, 3.8) is 0 Å². The predicted octanol–water partition coefficient (Wildman–Crippen LogP) is 1.27. The van der Waals surface area contributed by atoms with Crippen molar-refractivity contribution < 1.29 is 9.84 Å². The van der Waals surface area contributed by atoms with E-state index in [1.165, 1.54) is 11.1 Å². The van der Waals surface area contributed by atoms with Gasteiger partial charge in [-0.15, -0.1) is 0 Å². The predicted molar refractivity (Wildman–Crippen MR) is 63.4 cm³/mol. The highest BCUT2D eigenvalue weighted by molar-refractivity contribution is 5.34. The van der Waals surface area contributed by atoms with Crippen molar-refractivity contribution >= 4 is 0 Å². The molecule has 0 spiro atoms. The van der Waals surface area contributed by atoms with Crippen LogP contribution in [0.1, 0.15) is 23.6 Å². The Bertz CT molecular complexity index is 340. The number of ether oxygens (including phenoxy) is 1. The van der Waals surface area contributed by atoms with E-state index in [0.717, 1.165) is 12.8 Å². The van der Waals surface area contributed by atoms with E-state index in [1.54, 1.807) is 7.11 Å². The maximum Gasteiger partial charge on any atom is 0.0897 e. The van der Waals surface area contributed by atoms with Gasteiger partial charge in [0.05, 0.1) is 12.7 Å². The Kier molecular flexibility index (Phi) is 3.93. The van der Waals surface area contributed by atoms with E-state index in [1.807, 2.05) is 0 Å². The summed E-state index contributed by atoms with van der Waals surface area (Å²) in [6.07, 6.45) is 1.84. The summed E-state index contributed by atoms with van der Waals surface area (Å²) in [4.78, 5) is 0. The van der Waals surface area contributed by atoms with Gasteiger partial charge in [0.2, 0.25) is 0 Å². The zero-order chi connectivity index (χ0) is 11.4. The van der Waals surface area contributed by atoms with E-state index in [0.29, 0.717) is 19.2 Å². The highest BCUT2D eigenvalue weighted by Crippen LogP contribution is 2.30. The van der Waals surface area contributed by atoms with E-state index < -0.39 is 6.10 Å². The molecule has 88 valence electrons. The van der Waals surface area contributed by atoms with E-state index in [4.69, 9.17) is 4.74 Å². The molecule has 1 aliphatic carbocycles. The number of fused-ring (bicyclic) bond motifs is 1. The van der Waals surface area contributed by atoms with Crippen LogP contribution >= 0.6 is 0 Å². The minimum atomic E-state index is -0.419. The summed E-state index contributed by atoms with van der Waals surface area (Å²) in [7, 11) is 1.61.